The minimum atomic E-state index is 0.0864. The highest BCUT2D eigenvalue weighted by Gasteiger charge is 2.25. The molecule has 174 valence electrons. The standard InChI is InChI=1S/C25H29BrN4O2S/c1-18-5-7-19(8-6-18)17-33-14-11-27-25(31)20-9-12-30(13-10-20)16-23-28-24(29-32-23)21-3-2-4-22(26)15-21/h2-8,15,20H,9-14,16-17H2,1H3,(H,27,31). The van der Waals surface area contributed by atoms with Crippen LogP contribution in [-0.2, 0) is 17.1 Å². The van der Waals surface area contributed by atoms with Crippen LogP contribution < -0.4 is 5.32 Å². The molecule has 1 aliphatic heterocycles. The molecule has 33 heavy (non-hydrogen) atoms. The van der Waals surface area contributed by atoms with Gasteiger partial charge in [0.1, 0.15) is 0 Å². The predicted molar refractivity (Wildman–Crippen MR) is 136 cm³/mol. The van der Waals surface area contributed by atoms with E-state index in [1.54, 1.807) is 0 Å². The summed E-state index contributed by atoms with van der Waals surface area (Å²) >= 11 is 5.32. The Hall–Kier alpha value is -2.16. The van der Waals surface area contributed by atoms with Crippen LogP contribution in [0.1, 0.15) is 29.9 Å². The van der Waals surface area contributed by atoms with Crippen LogP contribution in [0.4, 0.5) is 0 Å². The molecule has 0 radical (unpaired) electrons. The van der Waals surface area contributed by atoms with E-state index in [2.05, 4.69) is 67.5 Å². The van der Waals surface area contributed by atoms with Gasteiger partial charge in [0.15, 0.2) is 0 Å². The van der Waals surface area contributed by atoms with Crippen molar-refractivity contribution in [1.82, 2.24) is 20.4 Å². The number of nitrogens with zero attached hydrogens (tertiary/aromatic N) is 3. The third kappa shape index (κ3) is 7.16. The van der Waals surface area contributed by atoms with Gasteiger partial charge < -0.3 is 9.84 Å². The maximum atomic E-state index is 12.5. The van der Waals surface area contributed by atoms with E-state index in [1.807, 2.05) is 36.0 Å². The number of aromatic nitrogens is 2. The summed E-state index contributed by atoms with van der Waals surface area (Å²) in [5.74, 6) is 3.38. The molecule has 0 spiro atoms. The Morgan fingerprint density at radius 1 is 1.21 bits per heavy atom. The van der Waals surface area contributed by atoms with Gasteiger partial charge in [-0.2, -0.15) is 16.7 Å². The molecule has 1 N–H and O–H groups in total. The average Bonchev–Trinajstić information content (AvgIpc) is 3.29. The van der Waals surface area contributed by atoms with Gasteiger partial charge in [-0.25, -0.2) is 0 Å². The van der Waals surface area contributed by atoms with Crippen molar-refractivity contribution >= 4 is 33.6 Å². The molecule has 0 saturated carbocycles. The lowest BCUT2D eigenvalue weighted by atomic mass is 9.96. The van der Waals surface area contributed by atoms with Gasteiger partial charge >= 0.3 is 0 Å². The van der Waals surface area contributed by atoms with E-state index >= 15 is 0 Å². The molecule has 6 nitrogen and oxygen atoms in total. The molecule has 0 unspecified atom stereocenters. The summed E-state index contributed by atoms with van der Waals surface area (Å²) in [5.41, 5.74) is 3.53. The summed E-state index contributed by atoms with van der Waals surface area (Å²) in [6.45, 7) is 5.15. The van der Waals surface area contributed by atoms with Gasteiger partial charge in [0.05, 0.1) is 6.54 Å². The average molecular weight is 530 g/mol. The summed E-state index contributed by atoms with van der Waals surface area (Å²) in [4.78, 5) is 19.3. The predicted octanol–water partition coefficient (Wildman–Crippen LogP) is 5.07. The molecule has 1 amide bonds. The number of nitrogens with one attached hydrogen (secondary N) is 1. The zero-order valence-corrected chi connectivity index (χ0v) is 21.2. The number of amides is 1. The lowest BCUT2D eigenvalue weighted by Crippen LogP contribution is -2.40. The zero-order valence-electron chi connectivity index (χ0n) is 18.8. The minimum absolute atomic E-state index is 0.0864. The highest BCUT2D eigenvalue weighted by molar-refractivity contribution is 9.10. The Kier molecular flexibility index (Phi) is 8.58. The van der Waals surface area contributed by atoms with Gasteiger partial charge in [-0.15, -0.1) is 0 Å². The lowest BCUT2D eigenvalue weighted by molar-refractivity contribution is -0.126. The molecule has 1 aromatic heterocycles. The SMILES string of the molecule is Cc1ccc(CSCCNC(=O)C2CCN(Cc3nc(-c4cccc(Br)c4)no3)CC2)cc1. The summed E-state index contributed by atoms with van der Waals surface area (Å²) in [7, 11) is 0. The normalized spacial score (nSPS) is 15.0. The Morgan fingerprint density at radius 2 is 2.00 bits per heavy atom. The van der Waals surface area contributed by atoms with Crippen LogP contribution in [0.15, 0.2) is 57.5 Å². The van der Waals surface area contributed by atoms with E-state index in [9.17, 15) is 4.79 Å². The van der Waals surface area contributed by atoms with Gasteiger partial charge in [-0.1, -0.05) is 63.0 Å². The summed E-state index contributed by atoms with van der Waals surface area (Å²) in [6, 6.07) is 16.5. The van der Waals surface area contributed by atoms with Crippen molar-refractivity contribution in [2.75, 3.05) is 25.4 Å². The molecule has 8 heteroatoms. The monoisotopic (exact) mass is 528 g/mol. The van der Waals surface area contributed by atoms with Gasteiger partial charge in [0.25, 0.3) is 0 Å². The molecule has 1 aliphatic rings. The minimum Gasteiger partial charge on any atom is -0.355 e. The Labute approximate surface area is 207 Å². The Bertz CT molecular complexity index is 1050. The van der Waals surface area contributed by atoms with Crippen LogP contribution in [-0.4, -0.2) is 46.3 Å². The topological polar surface area (TPSA) is 71.3 Å². The van der Waals surface area contributed by atoms with Crippen molar-refractivity contribution in [1.29, 1.82) is 0 Å². The van der Waals surface area contributed by atoms with E-state index in [0.29, 0.717) is 18.3 Å². The number of carbonyl (C=O) groups is 1. The number of aryl methyl sites for hydroxylation is 1. The lowest BCUT2D eigenvalue weighted by Gasteiger charge is -2.30. The van der Waals surface area contributed by atoms with E-state index in [-0.39, 0.29) is 11.8 Å². The number of hydrogen-bond donors (Lipinski definition) is 1. The van der Waals surface area contributed by atoms with Crippen molar-refractivity contribution in [3.05, 3.63) is 70.0 Å². The molecular weight excluding hydrogens is 500 g/mol. The van der Waals surface area contributed by atoms with E-state index < -0.39 is 0 Å². The fourth-order valence-corrected chi connectivity index (χ4v) is 5.09. The molecule has 3 aromatic rings. The van der Waals surface area contributed by atoms with E-state index in [4.69, 9.17) is 4.52 Å². The van der Waals surface area contributed by atoms with Crippen molar-refractivity contribution in [3.63, 3.8) is 0 Å². The summed E-state index contributed by atoms with van der Waals surface area (Å²) < 4.78 is 6.43. The van der Waals surface area contributed by atoms with Crippen molar-refractivity contribution in [3.8, 4) is 11.4 Å². The second kappa shape index (κ2) is 11.8. The molecule has 1 fully saturated rings. The number of halogens is 1. The van der Waals surface area contributed by atoms with Crippen molar-refractivity contribution in [2.24, 2.45) is 5.92 Å². The molecular formula is C25H29BrN4O2S. The van der Waals surface area contributed by atoms with Crippen molar-refractivity contribution < 1.29 is 9.32 Å². The van der Waals surface area contributed by atoms with Crippen LogP contribution in [0.2, 0.25) is 0 Å². The largest absolute Gasteiger partial charge is 0.355 e. The number of thioether (sulfide) groups is 1. The molecule has 2 heterocycles. The number of rotatable bonds is 9. The summed E-state index contributed by atoms with van der Waals surface area (Å²) in [6.07, 6.45) is 1.71. The first-order chi connectivity index (χ1) is 16.1. The molecule has 1 saturated heterocycles. The molecule has 0 aliphatic carbocycles. The van der Waals surface area contributed by atoms with Crippen LogP contribution in [0.25, 0.3) is 11.4 Å². The first-order valence-electron chi connectivity index (χ1n) is 11.3. The molecule has 2 aromatic carbocycles. The first kappa shape index (κ1) is 24.0. The van der Waals surface area contributed by atoms with Crippen LogP contribution >= 0.6 is 27.7 Å². The van der Waals surface area contributed by atoms with Gasteiger partial charge in [-0.3, -0.25) is 9.69 Å². The number of likely N-dealkylation sites (tertiary alicyclic amines) is 1. The summed E-state index contributed by atoms with van der Waals surface area (Å²) in [5, 5.41) is 7.22. The van der Waals surface area contributed by atoms with E-state index in [0.717, 1.165) is 54.0 Å². The van der Waals surface area contributed by atoms with Gasteiger partial charge in [0, 0.05) is 34.0 Å². The van der Waals surface area contributed by atoms with Crippen LogP contribution in [0.5, 0.6) is 0 Å². The molecule has 4 rings (SSSR count). The van der Waals surface area contributed by atoms with Crippen LogP contribution in [0, 0.1) is 12.8 Å². The highest BCUT2D eigenvalue weighted by atomic mass is 79.9. The second-order valence-electron chi connectivity index (χ2n) is 8.40. The number of hydrogen-bond acceptors (Lipinski definition) is 6. The number of piperidine rings is 1. The van der Waals surface area contributed by atoms with Crippen LogP contribution in [0.3, 0.4) is 0 Å². The second-order valence-corrected chi connectivity index (χ2v) is 10.4. The Balaban J connectivity index is 1.14. The first-order valence-corrected chi connectivity index (χ1v) is 13.2. The molecule has 0 atom stereocenters. The third-order valence-corrected chi connectivity index (χ3v) is 7.33. The highest BCUT2D eigenvalue weighted by Crippen LogP contribution is 2.22. The zero-order chi connectivity index (χ0) is 23.0. The van der Waals surface area contributed by atoms with E-state index in [1.165, 1.54) is 11.1 Å². The quantitative estimate of drug-likeness (QED) is 0.391. The number of carbonyl (C=O) groups excluding carboxylic acids is 1. The fourth-order valence-electron chi connectivity index (χ4n) is 3.87. The smallest absolute Gasteiger partial charge is 0.241 e. The van der Waals surface area contributed by atoms with Gasteiger partial charge in [-0.05, 0) is 50.6 Å². The maximum absolute atomic E-state index is 12.5. The molecule has 0 bridgehead atoms. The maximum Gasteiger partial charge on any atom is 0.241 e. The number of benzene rings is 2. The fraction of sp³-hybridized carbons (Fsp3) is 0.400. The third-order valence-electron chi connectivity index (χ3n) is 5.80. The van der Waals surface area contributed by atoms with Gasteiger partial charge in [0.2, 0.25) is 17.6 Å². The van der Waals surface area contributed by atoms with Crippen molar-refractivity contribution in [2.45, 2.75) is 32.1 Å². The Morgan fingerprint density at radius 3 is 2.76 bits per heavy atom.